The number of fused-ring (bicyclic) bond motifs is 1. The molecule has 2 heterocycles. The van der Waals surface area contributed by atoms with Crippen LogP contribution in [0.5, 0.6) is 5.75 Å². The average Bonchev–Trinajstić information content (AvgIpc) is 2.68. The van der Waals surface area contributed by atoms with E-state index in [1.807, 2.05) is 18.2 Å². The Morgan fingerprint density at radius 2 is 1.83 bits per heavy atom. The molecule has 1 N–H and O–H groups in total. The molecular weight excluding hydrogens is 374 g/mol. The van der Waals surface area contributed by atoms with E-state index in [4.69, 9.17) is 4.74 Å². The van der Waals surface area contributed by atoms with Gasteiger partial charge in [-0.25, -0.2) is 18.7 Å². The lowest BCUT2D eigenvalue weighted by Gasteiger charge is -2.34. The number of para-hydroxylation sites is 1. The molecule has 29 heavy (non-hydrogen) atoms. The maximum absolute atomic E-state index is 13.4. The van der Waals surface area contributed by atoms with E-state index in [0.717, 1.165) is 37.4 Å². The number of nitrogens with one attached hydrogen (secondary N) is 1. The van der Waals surface area contributed by atoms with Gasteiger partial charge in [-0.3, -0.25) is 0 Å². The van der Waals surface area contributed by atoms with Crippen LogP contribution < -0.4 is 10.1 Å². The van der Waals surface area contributed by atoms with Gasteiger partial charge < -0.3 is 15.0 Å². The zero-order chi connectivity index (χ0) is 20.4. The highest BCUT2D eigenvalue weighted by atomic mass is 19.1. The molecule has 0 aliphatic carbocycles. The third-order valence-electron chi connectivity index (χ3n) is 5.19. The van der Waals surface area contributed by atoms with Gasteiger partial charge in [0.2, 0.25) is 5.95 Å². The number of rotatable bonds is 5. The number of hydrogen-bond acceptors (Lipinski definition) is 5. The first-order valence-corrected chi connectivity index (χ1v) is 9.87. The van der Waals surface area contributed by atoms with Crippen molar-refractivity contribution < 1.29 is 13.5 Å². The van der Waals surface area contributed by atoms with E-state index in [0.29, 0.717) is 17.3 Å². The fourth-order valence-corrected chi connectivity index (χ4v) is 3.63. The lowest BCUT2D eigenvalue weighted by Crippen LogP contribution is -2.41. The van der Waals surface area contributed by atoms with Crippen LogP contribution in [0.15, 0.2) is 42.6 Å². The number of anilines is 2. The molecule has 7 heteroatoms. The quantitative estimate of drug-likeness (QED) is 0.662. The minimum Gasteiger partial charge on any atom is -0.488 e. The second-order valence-electron chi connectivity index (χ2n) is 7.62. The number of nitrogens with zero attached hydrogens (tertiary/aromatic N) is 3. The van der Waals surface area contributed by atoms with E-state index in [2.05, 4.69) is 34.0 Å². The molecule has 2 aromatic carbocycles. The fourth-order valence-electron chi connectivity index (χ4n) is 3.63. The van der Waals surface area contributed by atoms with Crippen LogP contribution >= 0.6 is 0 Å². The summed E-state index contributed by atoms with van der Waals surface area (Å²) in [5.74, 6) is -0.371. The predicted molar refractivity (Wildman–Crippen MR) is 110 cm³/mol. The monoisotopic (exact) mass is 398 g/mol. The maximum Gasteiger partial charge on any atom is 0.227 e. The van der Waals surface area contributed by atoms with Crippen molar-refractivity contribution in [2.24, 2.45) is 0 Å². The summed E-state index contributed by atoms with van der Waals surface area (Å²) in [7, 11) is 0. The molecule has 0 unspecified atom stereocenters. The van der Waals surface area contributed by atoms with Gasteiger partial charge in [-0.15, -0.1) is 0 Å². The van der Waals surface area contributed by atoms with Crippen molar-refractivity contribution in [2.75, 3.05) is 18.4 Å². The average molecular weight is 398 g/mol. The molecule has 4 rings (SSSR count). The molecule has 1 fully saturated rings. The van der Waals surface area contributed by atoms with Crippen LogP contribution in [-0.2, 0) is 0 Å². The summed E-state index contributed by atoms with van der Waals surface area (Å²) < 4.78 is 33.2. The molecule has 0 radical (unpaired) electrons. The van der Waals surface area contributed by atoms with Gasteiger partial charge >= 0.3 is 0 Å². The summed E-state index contributed by atoms with van der Waals surface area (Å²) in [5, 5.41) is 3.71. The summed E-state index contributed by atoms with van der Waals surface area (Å²) in [5.41, 5.74) is 0.925. The molecule has 1 saturated heterocycles. The number of aromatic nitrogens is 2. The number of ether oxygens (including phenoxy) is 1. The van der Waals surface area contributed by atoms with Crippen molar-refractivity contribution in [2.45, 2.75) is 38.8 Å². The third kappa shape index (κ3) is 4.62. The molecule has 5 nitrogen and oxygen atoms in total. The molecule has 1 aromatic heterocycles. The van der Waals surface area contributed by atoms with E-state index in [-0.39, 0.29) is 17.7 Å². The largest absolute Gasteiger partial charge is 0.488 e. The van der Waals surface area contributed by atoms with Crippen LogP contribution in [0.2, 0.25) is 0 Å². The van der Waals surface area contributed by atoms with Gasteiger partial charge in [0.15, 0.2) is 0 Å². The van der Waals surface area contributed by atoms with E-state index in [1.165, 1.54) is 12.1 Å². The van der Waals surface area contributed by atoms with Crippen molar-refractivity contribution in [3.8, 4) is 5.75 Å². The normalized spacial score (nSPS) is 15.8. The molecule has 0 amide bonds. The Hall–Kier alpha value is -2.80. The van der Waals surface area contributed by atoms with E-state index >= 15 is 0 Å². The Bertz CT molecular complexity index is 983. The Labute approximate surface area is 168 Å². The molecule has 0 bridgehead atoms. The molecular formula is C22H24F2N4O. The predicted octanol–water partition coefficient (Wildman–Crippen LogP) is 4.90. The summed E-state index contributed by atoms with van der Waals surface area (Å²) in [4.78, 5) is 11.2. The third-order valence-corrected chi connectivity index (χ3v) is 5.19. The van der Waals surface area contributed by atoms with Gasteiger partial charge in [0.05, 0.1) is 0 Å². The minimum atomic E-state index is -0.662. The summed E-state index contributed by atoms with van der Waals surface area (Å²) >= 11 is 0. The van der Waals surface area contributed by atoms with Crippen LogP contribution in [0, 0.1) is 11.6 Å². The first-order valence-electron chi connectivity index (χ1n) is 9.87. The fraction of sp³-hybridized carbons (Fsp3) is 0.364. The van der Waals surface area contributed by atoms with Crippen LogP contribution in [0.25, 0.3) is 10.9 Å². The van der Waals surface area contributed by atoms with E-state index < -0.39 is 11.6 Å². The lowest BCUT2D eigenvalue weighted by molar-refractivity contribution is 0.0852. The highest BCUT2D eigenvalue weighted by molar-refractivity contribution is 5.85. The van der Waals surface area contributed by atoms with Crippen molar-refractivity contribution in [1.82, 2.24) is 14.9 Å². The molecule has 3 aromatic rings. The summed E-state index contributed by atoms with van der Waals surface area (Å²) in [6.45, 7) is 6.45. The van der Waals surface area contributed by atoms with Gasteiger partial charge in [-0.1, -0.05) is 12.1 Å². The first-order chi connectivity index (χ1) is 14.0. The van der Waals surface area contributed by atoms with Crippen LogP contribution in [0.3, 0.4) is 0 Å². The van der Waals surface area contributed by atoms with Crippen molar-refractivity contribution >= 4 is 22.5 Å². The van der Waals surface area contributed by atoms with E-state index in [1.54, 1.807) is 6.20 Å². The second kappa shape index (κ2) is 8.29. The molecule has 0 saturated carbocycles. The summed E-state index contributed by atoms with van der Waals surface area (Å²) in [6.07, 6.45) is 3.74. The van der Waals surface area contributed by atoms with Crippen molar-refractivity contribution in [1.29, 1.82) is 0 Å². The molecule has 0 atom stereocenters. The topological polar surface area (TPSA) is 50.3 Å². The van der Waals surface area contributed by atoms with Gasteiger partial charge in [-0.05, 0) is 44.9 Å². The highest BCUT2D eigenvalue weighted by Gasteiger charge is 2.22. The van der Waals surface area contributed by atoms with Crippen molar-refractivity contribution in [3.63, 3.8) is 0 Å². The number of halogens is 2. The molecule has 1 aliphatic heterocycles. The standard InChI is InChI=1S/C22H24F2N4O/c1-14(2)28-8-6-19(7-9-28)29-20-5-3-4-15-13-25-22(27-21(15)20)26-18-11-16(23)10-17(24)12-18/h3-5,10-14,19H,6-9H2,1-2H3,(H,25,26,27). The van der Waals surface area contributed by atoms with Crippen LogP contribution in [0.1, 0.15) is 26.7 Å². The summed E-state index contributed by atoms with van der Waals surface area (Å²) in [6, 6.07) is 9.48. The Morgan fingerprint density at radius 1 is 1.10 bits per heavy atom. The second-order valence-corrected chi connectivity index (χ2v) is 7.62. The van der Waals surface area contributed by atoms with Gasteiger partial charge in [-0.2, -0.15) is 0 Å². The molecule has 0 spiro atoms. The Balaban J connectivity index is 1.55. The van der Waals surface area contributed by atoms with Gasteiger partial charge in [0, 0.05) is 42.5 Å². The van der Waals surface area contributed by atoms with E-state index in [9.17, 15) is 8.78 Å². The number of hydrogen-bond donors (Lipinski definition) is 1. The molecule has 152 valence electrons. The zero-order valence-corrected chi connectivity index (χ0v) is 16.5. The number of piperidine rings is 1. The highest BCUT2D eigenvalue weighted by Crippen LogP contribution is 2.28. The van der Waals surface area contributed by atoms with Gasteiger partial charge in [0.25, 0.3) is 0 Å². The Kier molecular flexibility index (Phi) is 5.58. The van der Waals surface area contributed by atoms with Crippen LogP contribution in [0.4, 0.5) is 20.4 Å². The zero-order valence-electron chi connectivity index (χ0n) is 16.5. The lowest BCUT2D eigenvalue weighted by atomic mass is 10.1. The number of benzene rings is 2. The number of likely N-dealkylation sites (tertiary alicyclic amines) is 1. The minimum absolute atomic E-state index is 0.138. The SMILES string of the molecule is CC(C)N1CCC(Oc2cccc3cnc(Nc4cc(F)cc(F)c4)nc23)CC1. The maximum atomic E-state index is 13.4. The van der Waals surface area contributed by atoms with Gasteiger partial charge in [0.1, 0.15) is 29.0 Å². The smallest absolute Gasteiger partial charge is 0.227 e. The van der Waals surface area contributed by atoms with Crippen molar-refractivity contribution in [3.05, 3.63) is 54.2 Å². The molecule has 1 aliphatic rings. The van der Waals surface area contributed by atoms with Crippen LogP contribution in [-0.4, -0.2) is 40.1 Å². The Morgan fingerprint density at radius 3 is 2.52 bits per heavy atom. The first kappa shape index (κ1) is 19.5.